The van der Waals surface area contributed by atoms with Crippen molar-refractivity contribution in [2.24, 2.45) is 11.3 Å². The highest BCUT2D eigenvalue weighted by Crippen LogP contribution is 2.31. The van der Waals surface area contributed by atoms with Gasteiger partial charge >= 0.3 is 5.97 Å². The van der Waals surface area contributed by atoms with E-state index >= 15 is 0 Å². The van der Waals surface area contributed by atoms with Gasteiger partial charge in [0.1, 0.15) is 0 Å². The summed E-state index contributed by atoms with van der Waals surface area (Å²) in [6, 6.07) is 0. The molecule has 0 aliphatic carbocycles. The fraction of sp³-hybridized carbons (Fsp3) is 0.933. The fourth-order valence-corrected chi connectivity index (χ4v) is 2.14. The lowest BCUT2D eigenvalue weighted by atomic mass is 9.80. The van der Waals surface area contributed by atoms with Crippen molar-refractivity contribution in [3.8, 4) is 0 Å². The van der Waals surface area contributed by atoms with E-state index in [2.05, 4.69) is 27.7 Å². The summed E-state index contributed by atoms with van der Waals surface area (Å²) >= 11 is 0. The van der Waals surface area contributed by atoms with Gasteiger partial charge in [0, 0.05) is 0 Å². The summed E-state index contributed by atoms with van der Waals surface area (Å²) < 4.78 is 5.41. The Bertz CT molecular complexity index is 211. The average Bonchev–Trinajstić information content (AvgIpc) is 2.27. The van der Waals surface area contributed by atoms with Crippen molar-refractivity contribution < 1.29 is 9.53 Å². The largest absolute Gasteiger partial charge is 0.465 e. The first-order chi connectivity index (χ1) is 7.96. The van der Waals surface area contributed by atoms with Gasteiger partial charge in [-0.05, 0) is 32.1 Å². The Kier molecular flexibility index (Phi) is 8.28. The monoisotopic (exact) mass is 242 g/mol. The molecular weight excluding hydrogens is 212 g/mol. The molecule has 0 rings (SSSR count). The summed E-state index contributed by atoms with van der Waals surface area (Å²) in [5.74, 6) is 0.526. The maximum Gasteiger partial charge on any atom is 0.311 e. The molecule has 0 bridgehead atoms. The van der Waals surface area contributed by atoms with Gasteiger partial charge in [-0.15, -0.1) is 0 Å². The summed E-state index contributed by atoms with van der Waals surface area (Å²) in [5, 5.41) is 0. The molecule has 0 heterocycles. The van der Waals surface area contributed by atoms with Crippen molar-refractivity contribution in [2.45, 2.75) is 73.1 Å². The predicted molar refractivity (Wildman–Crippen MR) is 73.0 cm³/mol. The summed E-state index contributed by atoms with van der Waals surface area (Å²) in [5.41, 5.74) is -0.293. The standard InChI is InChI=1S/C15H30O2/c1-6-8-9-10-11-17-14(16)15(5,7-2)12-13(3)4/h13H,6-12H2,1-5H3/t15-/m1/s1. The van der Waals surface area contributed by atoms with Gasteiger partial charge in [-0.2, -0.15) is 0 Å². The molecule has 0 aromatic carbocycles. The molecule has 0 aliphatic heterocycles. The second-order valence-corrected chi connectivity index (χ2v) is 5.71. The van der Waals surface area contributed by atoms with E-state index in [1.54, 1.807) is 0 Å². The first-order valence-electron chi connectivity index (χ1n) is 7.13. The van der Waals surface area contributed by atoms with Crippen LogP contribution in [0.5, 0.6) is 0 Å². The van der Waals surface area contributed by atoms with Crippen LogP contribution in [0.3, 0.4) is 0 Å². The lowest BCUT2D eigenvalue weighted by Crippen LogP contribution is -2.31. The number of ether oxygens (including phenoxy) is 1. The Balaban J connectivity index is 3.99. The van der Waals surface area contributed by atoms with E-state index in [1.165, 1.54) is 12.8 Å². The highest BCUT2D eigenvalue weighted by Gasteiger charge is 2.33. The Morgan fingerprint density at radius 1 is 1.18 bits per heavy atom. The van der Waals surface area contributed by atoms with Gasteiger partial charge in [-0.3, -0.25) is 4.79 Å². The van der Waals surface area contributed by atoms with Crippen molar-refractivity contribution in [1.82, 2.24) is 0 Å². The molecule has 0 radical (unpaired) electrons. The third-order valence-corrected chi connectivity index (χ3v) is 3.36. The highest BCUT2D eigenvalue weighted by molar-refractivity contribution is 5.76. The minimum atomic E-state index is -0.293. The van der Waals surface area contributed by atoms with E-state index in [0.717, 1.165) is 25.7 Å². The van der Waals surface area contributed by atoms with Crippen molar-refractivity contribution in [2.75, 3.05) is 6.61 Å². The molecule has 0 spiro atoms. The Morgan fingerprint density at radius 3 is 2.29 bits per heavy atom. The normalized spacial score (nSPS) is 14.7. The molecule has 0 aliphatic rings. The molecule has 2 nitrogen and oxygen atoms in total. The SMILES string of the molecule is CCCCCCOC(=O)[C@](C)(CC)CC(C)C. The maximum atomic E-state index is 12.0. The second-order valence-electron chi connectivity index (χ2n) is 5.71. The van der Waals surface area contributed by atoms with Crippen molar-refractivity contribution in [1.29, 1.82) is 0 Å². The van der Waals surface area contributed by atoms with Gasteiger partial charge in [0.2, 0.25) is 0 Å². The van der Waals surface area contributed by atoms with Crippen molar-refractivity contribution in [3.63, 3.8) is 0 Å². The van der Waals surface area contributed by atoms with Gasteiger partial charge in [-0.25, -0.2) is 0 Å². The fourth-order valence-electron chi connectivity index (χ4n) is 2.14. The average molecular weight is 242 g/mol. The van der Waals surface area contributed by atoms with Crippen LogP contribution in [0.1, 0.15) is 73.1 Å². The molecule has 0 amide bonds. The van der Waals surface area contributed by atoms with E-state index in [9.17, 15) is 4.79 Å². The third kappa shape index (κ3) is 6.70. The van der Waals surface area contributed by atoms with E-state index in [1.807, 2.05) is 6.92 Å². The van der Waals surface area contributed by atoms with E-state index in [-0.39, 0.29) is 11.4 Å². The van der Waals surface area contributed by atoms with Crippen LogP contribution in [0.25, 0.3) is 0 Å². The van der Waals surface area contributed by atoms with E-state index in [4.69, 9.17) is 4.74 Å². The molecule has 0 unspecified atom stereocenters. The Morgan fingerprint density at radius 2 is 1.82 bits per heavy atom. The quantitative estimate of drug-likeness (QED) is 0.437. The van der Waals surface area contributed by atoms with E-state index in [0.29, 0.717) is 12.5 Å². The molecule has 0 saturated carbocycles. The first-order valence-corrected chi connectivity index (χ1v) is 7.13. The number of hydrogen-bond acceptors (Lipinski definition) is 2. The molecule has 0 N–H and O–H groups in total. The van der Waals surface area contributed by atoms with Crippen LogP contribution in [-0.4, -0.2) is 12.6 Å². The van der Waals surface area contributed by atoms with Crippen LogP contribution in [0.2, 0.25) is 0 Å². The summed E-state index contributed by atoms with van der Waals surface area (Å²) in [7, 11) is 0. The zero-order chi connectivity index (χ0) is 13.3. The number of rotatable bonds is 9. The minimum Gasteiger partial charge on any atom is -0.465 e. The van der Waals surface area contributed by atoms with Crippen LogP contribution in [0.4, 0.5) is 0 Å². The molecular formula is C15H30O2. The molecule has 17 heavy (non-hydrogen) atoms. The van der Waals surface area contributed by atoms with Crippen molar-refractivity contribution in [3.05, 3.63) is 0 Å². The molecule has 0 aromatic rings. The van der Waals surface area contributed by atoms with Gasteiger partial charge in [0.25, 0.3) is 0 Å². The summed E-state index contributed by atoms with van der Waals surface area (Å²) in [6.45, 7) is 11.2. The van der Waals surface area contributed by atoms with Crippen LogP contribution in [0.15, 0.2) is 0 Å². The number of unbranched alkanes of at least 4 members (excludes halogenated alkanes) is 3. The third-order valence-electron chi connectivity index (χ3n) is 3.36. The lowest BCUT2D eigenvalue weighted by Gasteiger charge is -2.27. The molecule has 2 heteroatoms. The topological polar surface area (TPSA) is 26.3 Å². The zero-order valence-electron chi connectivity index (χ0n) is 12.3. The highest BCUT2D eigenvalue weighted by atomic mass is 16.5. The van der Waals surface area contributed by atoms with Crippen LogP contribution >= 0.6 is 0 Å². The van der Waals surface area contributed by atoms with Gasteiger partial charge in [-0.1, -0.05) is 47.0 Å². The van der Waals surface area contributed by atoms with Gasteiger partial charge in [0.05, 0.1) is 12.0 Å². The predicted octanol–water partition coefficient (Wildman–Crippen LogP) is 4.57. The smallest absolute Gasteiger partial charge is 0.311 e. The molecule has 102 valence electrons. The summed E-state index contributed by atoms with van der Waals surface area (Å²) in [4.78, 5) is 12.0. The van der Waals surface area contributed by atoms with Crippen LogP contribution < -0.4 is 0 Å². The molecule has 1 atom stereocenters. The zero-order valence-corrected chi connectivity index (χ0v) is 12.3. The Hall–Kier alpha value is -0.530. The van der Waals surface area contributed by atoms with Gasteiger partial charge in [0.15, 0.2) is 0 Å². The van der Waals surface area contributed by atoms with Crippen molar-refractivity contribution >= 4 is 5.97 Å². The van der Waals surface area contributed by atoms with Crippen LogP contribution in [-0.2, 0) is 9.53 Å². The number of hydrogen-bond donors (Lipinski definition) is 0. The maximum absolute atomic E-state index is 12.0. The number of carbonyl (C=O) groups is 1. The lowest BCUT2D eigenvalue weighted by molar-refractivity contribution is -0.156. The number of esters is 1. The van der Waals surface area contributed by atoms with Gasteiger partial charge < -0.3 is 4.74 Å². The second kappa shape index (κ2) is 8.54. The number of carbonyl (C=O) groups excluding carboxylic acids is 1. The molecule has 0 aromatic heterocycles. The Labute approximate surface area is 107 Å². The molecule has 0 saturated heterocycles. The van der Waals surface area contributed by atoms with Crippen LogP contribution in [0, 0.1) is 11.3 Å². The first kappa shape index (κ1) is 16.5. The minimum absolute atomic E-state index is 0.00908. The van der Waals surface area contributed by atoms with E-state index < -0.39 is 0 Å². The molecule has 0 fully saturated rings. The summed E-state index contributed by atoms with van der Waals surface area (Å²) in [6.07, 6.45) is 6.39.